The topological polar surface area (TPSA) is 131 Å². The van der Waals surface area contributed by atoms with Gasteiger partial charge in [-0.15, -0.1) is 0 Å². The quantitative estimate of drug-likeness (QED) is 0.305. The van der Waals surface area contributed by atoms with Crippen LogP contribution in [0, 0.1) is 5.92 Å². The number of nitrogens with zero attached hydrogens (tertiary/aromatic N) is 2. The number of benzene rings is 3. The zero-order valence-electron chi connectivity index (χ0n) is 23.4. The fourth-order valence-electron chi connectivity index (χ4n) is 4.80. The van der Waals surface area contributed by atoms with Crippen molar-refractivity contribution in [1.82, 2.24) is 9.80 Å². The molecule has 1 aliphatic heterocycles. The van der Waals surface area contributed by atoms with Crippen LogP contribution < -0.4 is 15.4 Å². The number of aliphatic hydroxyl groups excluding tert-OH is 1. The Kier molecular flexibility index (Phi) is 9.59. The van der Waals surface area contributed by atoms with Crippen LogP contribution in [-0.2, 0) is 6.54 Å². The summed E-state index contributed by atoms with van der Waals surface area (Å²) in [5, 5.41) is 24.7. The van der Waals surface area contributed by atoms with Crippen LogP contribution in [0.4, 0.5) is 16.2 Å². The van der Waals surface area contributed by atoms with Crippen LogP contribution in [0.5, 0.6) is 5.75 Å². The first-order chi connectivity index (χ1) is 19.7. The SMILES string of the molecule is C[C@H]1CN([C@@H](C)CO)C(=O)c2cccc(NC(=O)Nc3ccccc3)c2O[C@@H]1CN(C)Cc1ccc(C(=O)O)cc1. The number of rotatable bonds is 9. The minimum Gasteiger partial charge on any atom is -0.486 e. The molecule has 4 rings (SSSR count). The number of para-hydroxylation sites is 2. The number of urea groups is 1. The van der Waals surface area contributed by atoms with E-state index in [0.29, 0.717) is 36.6 Å². The summed E-state index contributed by atoms with van der Waals surface area (Å²) in [4.78, 5) is 41.4. The minimum atomic E-state index is -0.974. The molecule has 3 atom stereocenters. The summed E-state index contributed by atoms with van der Waals surface area (Å²) in [6, 6.07) is 19.9. The molecule has 10 nitrogen and oxygen atoms in total. The number of anilines is 2. The first-order valence-electron chi connectivity index (χ1n) is 13.5. The lowest BCUT2D eigenvalue weighted by Gasteiger charge is -2.38. The van der Waals surface area contributed by atoms with Crippen molar-refractivity contribution in [2.24, 2.45) is 5.92 Å². The summed E-state index contributed by atoms with van der Waals surface area (Å²) < 4.78 is 6.55. The summed E-state index contributed by atoms with van der Waals surface area (Å²) in [6.07, 6.45) is -0.376. The molecule has 4 N–H and O–H groups in total. The average Bonchev–Trinajstić information content (AvgIpc) is 2.95. The Hall–Kier alpha value is -4.41. The van der Waals surface area contributed by atoms with Crippen molar-refractivity contribution >= 4 is 29.3 Å². The highest BCUT2D eigenvalue weighted by molar-refractivity contribution is 6.04. The van der Waals surface area contributed by atoms with Crippen molar-refractivity contribution in [2.45, 2.75) is 32.5 Å². The van der Waals surface area contributed by atoms with Crippen LogP contribution in [0.1, 0.15) is 40.1 Å². The number of ether oxygens (including phenoxy) is 1. The van der Waals surface area contributed by atoms with Gasteiger partial charge in [0.15, 0.2) is 5.75 Å². The van der Waals surface area contributed by atoms with Gasteiger partial charge in [0.25, 0.3) is 5.91 Å². The number of aliphatic hydroxyl groups is 1. The number of fused-ring (bicyclic) bond motifs is 1. The molecule has 3 amide bonds. The minimum absolute atomic E-state index is 0.121. The van der Waals surface area contributed by atoms with Gasteiger partial charge in [-0.3, -0.25) is 9.69 Å². The van der Waals surface area contributed by atoms with E-state index in [2.05, 4.69) is 15.5 Å². The maximum absolute atomic E-state index is 13.7. The molecule has 216 valence electrons. The molecular weight excluding hydrogens is 524 g/mol. The van der Waals surface area contributed by atoms with E-state index in [1.807, 2.05) is 32.2 Å². The van der Waals surface area contributed by atoms with E-state index in [9.17, 15) is 24.6 Å². The van der Waals surface area contributed by atoms with Gasteiger partial charge in [0.2, 0.25) is 0 Å². The first-order valence-corrected chi connectivity index (χ1v) is 13.5. The maximum atomic E-state index is 13.7. The second kappa shape index (κ2) is 13.3. The number of carbonyl (C=O) groups excluding carboxylic acids is 2. The standard InChI is InChI=1S/C31H36N4O6/c1-20-16-35(21(2)19-36)29(37)25-10-7-11-26(33-31(40)32-24-8-5-4-6-9-24)28(25)41-27(20)18-34(3)17-22-12-14-23(15-13-22)30(38)39/h4-15,20-21,27,36H,16-19H2,1-3H3,(H,38,39)(H2,32,33,40)/t20-,21-,27+/m0/s1. The summed E-state index contributed by atoms with van der Waals surface area (Å²) in [5.74, 6) is -1.11. The summed E-state index contributed by atoms with van der Waals surface area (Å²) in [5.41, 5.74) is 2.44. The van der Waals surface area contributed by atoms with E-state index < -0.39 is 18.0 Å². The number of amides is 3. The number of carbonyl (C=O) groups is 3. The largest absolute Gasteiger partial charge is 0.486 e. The van der Waals surface area contributed by atoms with Gasteiger partial charge in [-0.1, -0.05) is 43.3 Å². The van der Waals surface area contributed by atoms with Gasteiger partial charge < -0.3 is 30.5 Å². The first kappa shape index (κ1) is 29.6. The molecule has 3 aromatic carbocycles. The van der Waals surface area contributed by atoms with E-state index in [4.69, 9.17) is 4.74 Å². The number of likely N-dealkylation sites (N-methyl/N-ethyl adjacent to an activating group) is 1. The van der Waals surface area contributed by atoms with Crippen molar-refractivity contribution in [3.05, 3.63) is 89.5 Å². The molecule has 0 saturated carbocycles. The van der Waals surface area contributed by atoms with Gasteiger partial charge >= 0.3 is 12.0 Å². The van der Waals surface area contributed by atoms with Crippen molar-refractivity contribution in [3.8, 4) is 5.75 Å². The molecular formula is C31H36N4O6. The van der Waals surface area contributed by atoms with Crippen molar-refractivity contribution in [2.75, 3.05) is 37.4 Å². The molecule has 0 radical (unpaired) electrons. The van der Waals surface area contributed by atoms with E-state index >= 15 is 0 Å². The zero-order valence-corrected chi connectivity index (χ0v) is 23.4. The highest BCUT2D eigenvalue weighted by Crippen LogP contribution is 2.35. The van der Waals surface area contributed by atoms with E-state index in [0.717, 1.165) is 5.56 Å². The third-order valence-electron chi connectivity index (χ3n) is 7.12. The van der Waals surface area contributed by atoms with Gasteiger partial charge in [-0.05, 0) is 55.9 Å². The summed E-state index contributed by atoms with van der Waals surface area (Å²) >= 11 is 0. The van der Waals surface area contributed by atoms with Crippen LogP contribution >= 0.6 is 0 Å². The van der Waals surface area contributed by atoms with Crippen LogP contribution in [0.25, 0.3) is 0 Å². The Morgan fingerprint density at radius 1 is 1.05 bits per heavy atom. The lowest BCUT2D eigenvalue weighted by Crippen LogP contribution is -2.49. The molecule has 0 aromatic heterocycles. The van der Waals surface area contributed by atoms with Crippen LogP contribution in [0.3, 0.4) is 0 Å². The Balaban J connectivity index is 1.60. The fraction of sp³-hybridized carbons (Fsp3) is 0.323. The molecule has 0 spiro atoms. The number of carboxylic acid groups (broad SMARTS) is 1. The van der Waals surface area contributed by atoms with Crippen LogP contribution in [-0.4, -0.2) is 76.8 Å². The Bertz CT molecular complexity index is 1360. The van der Waals surface area contributed by atoms with E-state index in [1.54, 1.807) is 66.4 Å². The van der Waals surface area contributed by atoms with Gasteiger partial charge in [0, 0.05) is 31.2 Å². The zero-order chi connectivity index (χ0) is 29.5. The molecule has 41 heavy (non-hydrogen) atoms. The average molecular weight is 561 g/mol. The number of aromatic carboxylic acids is 1. The summed E-state index contributed by atoms with van der Waals surface area (Å²) in [7, 11) is 1.94. The van der Waals surface area contributed by atoms with Crippen LogP contribution in [0.2, 0.25) is 0 Å². The highest BCUT2D eigenvalue weighted by Gasteiger charge is 2.34. The lowest BCUT2D eigenvalue weighted by molar-refractivity contribution is 0.0343. The Morgan fingerprint density at radius 3 is 2.41 bits per heavy atom. The molecule has 10 heteroatoms. The second-order valence-corrected chi connectivity index (χ2v) is 10.4. The monoisotopic (exact) mass is 560 g/mol. The van der Waals surface area contributed by atoms with E-state index in [1.165, 1.54) is 0 Å². The molecule has 0 unspecified atom stereocenters. The predicted octanol–water partition coefficient (Wildman–Crippen LogP) is 4.38. The van der Waals surface area contributed by atoms with Crippen molar-refractivity contribution in [3.63, 3.8) is 0 Å². The summed E-state index contributed by atoms with van der Waals surface area (Å²) in [6.45, 7) is 5.01. The molecule has 0 aliphatic carbocycles. The van der Waals surface area contributed by atoms with Crippen molar-refractivity contribution < 1.29 is 29.3 Å². The number of carboxylic acids is 1. The van der Waals surface area contributed by atoms with Gasteiger partial charge in [-0.25, -0.2) is 9.59 Å². The third kappa shape index (κ3) is 7.41. The van der Waals surface area contributed by atoms with Gasteiger partial charge in [-0.2, -0.15) is 0 Å². The molecule has 0 saturated heterocycles. The smallest absolute Gasteiger partial charge is 0.335 e. The normalized spacial score (nSPS) is 17.6. The maximum Gasteiger partial charge on any atom is 0.335 e. The molecule has 0 fully saturated rings. The fourth-order valence-corrected chi connectivity index (χ4v) is 4.80. The third-order valence-corrected chi connectivity index (χ3v) is 7.12. The van der Waals surface area contributed by atoms with Crippen LogP contribution in [0.15, 0.2) is 72.8 Å². The van der Waals surface area contributed by atoms with Crippen molar-refractivity contribution in [1.29, 1.82) is 0 Å². The van der Waals surface area contributed by atoms with Gasteiger partial charge in [0.1, 0.15) is 6.10 Å². The molecule has 1 heterocycles. The molecule has 3 aromatic rings. The second-order valence-electron chi connectivity index (χ2n) is 10.4. The number of hydrogen-bond donors (Lipinski definition) is 4. The Morgan fingerprint density at radius 2 is 1.76 bits per heavy atom. The number of nitrogens with one attached hydrogen (secondary N) is 2. The number of hydrogen-bond acceptors (Lipinski definition) is 6. The Labute approximate surface area is 239 Å². The van der Waals surface area contributed by atoms with E-state index in [-0.39, 0.29) is 35.8 Å². The lowest BCUT2D eigenvalue weighted by atomic mass is 9.98. The highest BCUT2D eigenvalue weighted by atomic mass is 16.5. The molecule has 1 aliphatic rings. The molecule has 0 bridgehead atoms. The predicted molar refractivity (Wildman–Crippen MR) is 156 cm³/mol. The van der Waals surface area contributed by atoms with Gasteiger partial charge in [0.05, 0.1) is 29.5 Å².